The van der Waals surface area contributed by atoms with Crippen molar-refractivity contribution < 1.29 is 14.3 Å². The van der Waals surface area contributed by atoms with Gasteiger partial charge in [0.15, 0.2) is 11.5 Å². The highest BCUT2D eigenvalue weighted by Gasteiger charge is 2.15. The lowest BCUT2D eigenvalue weighted by Crippen LogP contribution is -2.32. The maximum Gasteiger partial charge on any atom is 0.241 e. The van der Waals surface area contributed by atoms with Crippen LogP contribution in [-0.2, 0) is 11.3 Å². The standard InChI is InChI=1S/C19H22N2O3/c1-13-5-4-6-14(2)19(13)20-10-18(22)21(3)11-15-7-8-16-17(9-15)24-12-23-16/h4-9,20H,10-12H2,1-3H3. The van der Waals surface area contributed by atoms with Gasteiger partial charge >= 0.3 is 0 Å². The summed E-state index contributed by atoms with van der Waals surface area (Å²) in [7, 11) is 1.80. The van der Waals surface area contributed by atoms with Gasteiger partial charge < -0.3 is 19.7 Å². The Bertz CT molecular complexity index is 738. The molecule has 0 saturated heterocycles. The molecule has 1 aliphatic heterocycles. The average Bonchev–Trinajstić information content (AvgIpc) is 3.01. The minimum absolute atomic E-state index is 0.0373. The quantitative estimate of drug-likeness (QED) is 0.917. The molecule has 0 bridgehead atoms. The number of benzene rings is 2. The largest absolute Gasteiger partial charge is 0.454 e. The zero-order valence-electron chi connectivity index (χ0n) is 14.3. The van der Waals surface area contributed by atoms with Crippen molar-refractivity contribution in [2.45, 2.75) is 20.4 Å². The second kappa shape index (κ2) is 6.83. The van der Waals surface area contributed by atoms with Crippen molar-refractivity contribution in [3.05, 3.63) is 53.1 Å². The molecule has 0 fully saturated rings. The van der Waals surface area contributed by atoms with Crippen LogP contribution in [0.5, 0.6) is 11.5 Å². The number of carbonyl (C=O) groups is 1. The molecule has 0 unspecified atom stereocenters. The number of nitrogens with one attached hydrogen (secondary N) is 1. The summed E-state index contributed by atoms with van der Waals surface area (Å²) in [4.78, 5) is 14.1. The minimum Gasteiger partial charge on any atom is -0.454 e. The van der Waals surface area contributed by atoms with Gasteiger partial charge in [0.05, 0.1) is 6.54 Å². The van der Waals surface area contributed by atoms with Gasteiger partial charge in [0, 0.05) is 19.3 Å². The molecule has 1 heterocycles. The van der Waals surface area contributed by atoms with E-state index in [2.05, 4.69) is 5.32 Å². The first-order valence-corrected chi connectivity index (χ1v) is 7.97. The Labute approximate surface area is 142 Å². The number of hydrogen-bond acceptors (Lipinski definition) is 4. The first-order chi connectivity index (χ1) is 11.5. The van der Waals surface area contributed by atoms with E-state index in [1.54, 1.807) is 11.9 Å². The zero-order chi connectivity index (χ0) is 17.1. The summed E-state index contributed by atoms with van der Waals surface area (Å²) in [6, 6.07) is 11.8. The van der Waals surface area contributed by atoms with Crippen molar-refractivity contribution in [2.24, 2.45) is 0 Å². The fourth-order valence-electron chi connectivity index (χ4n) is 2.79. The van der Waals surface area contributed by atoms with Crippen LogP contribution in [0.1, 0.15) is 16.7 Å². The highest BCUT2D eigenvalue weighted by atomic mass is 16.7. The second-order valence-electron chi connectivity index (χ2n) is 6.06. The Hall–Kier alpha value is -2.69. The molecule has 1 aliphatic rings. The smallest absolute Gasteiger partial charge is 0.241 e. The normalized spacial score (nSPS) is 12.1. The number of hydrogen-bond donors (Lipinski definition) is 1. The van der Waals surface area contributed by atoms with E-state index >= 15 is 0 Å². The van der Waals surface area contributed by atoms with E-state index in [1.807, 2.05) is 50.2 Å². The number of ether oxygens (including phenoxy) is 2. The molecule has 3 rings (SSSR count). The second-order valence-corrected chi connectivity index (χ2v) is 6.06. The molecule has 24 heavy (non-hydrogen) atoms. The molecule has 0 radical (unpaired) electrons. The summed E-state index contributed by atoms with van der Waals surface area (Å²) in [6.45, 7) is 5.14. The molecule has 2 aromatic carbocycles. The Morgan fingerprint density at radius 2 is 1.83 bits per heavy atom. The molecule has 0 spiro atoms. The van der Waals surface area contributed by atoms with Gasteiger partial charge in [-0.2, -0.15) is 0 Å². The van der Waals surface area contributed by atoms with Crippen LogP contribution in [-0.4, -0.2) is 31.2 Å². The first kappa shape index (κ1) is 16.2. The summed E-state index contributed by atoms with van der Waals surface area (Å²) in [5, 5.41) is 3.25. The lowest BCUT2D eigenvalue weighted by atomic mass is 10.1. The topological polar surface area (TPSA) is 50.8 Å². The minimum atomic E-state index is 0.0373. The van der Waals surface area contributed by atoms with Crippen molar-refractivity contribution in [1.29, 1.82) is 0 Å². The predicted molar refractivity (Wildman–Crippen MR) is 93.4 cm³/mol. The number of amides is 1. The first-order valence-electron chi connectivity index (χ1n) is 7.97. The number of anilines is 1. The number of rotatable bonds is 5. The van der Waals surface area contributed by atoms with Crippen LogP contribution in [0.2, 0.25) is 0 Å². The molecule has 0 saturated carbocycles. The number of carbonyl (C=O) groups excluding carboxylic acids is 1. The van der Waals surface area contributed by atoms with E-state index in [9.17, 15) is 4.79 Å². The average molecular weight is 326 g/mol. The molecule has 1 N–H and O–H groups in total. The maximum atomic E-state index is 12.4. The van der Waals surface area contributed by atoms with Crippen LogP contribution in [0.3, 0.4) is 0 Å². The van der Waals surface area contributed by atoms with Crippen LogP contribution >= 0.6 is 0 Å². The van der Waals surface area contributed by atoms with Gasteiger partial charge in [0.1, 0.15) is 0 Å². The number of fused-ring (bicyclic) bond motifs is 1. The van der Waals surface area contributed by atoms with Crippen LogP contribution in [0.4, 0.5) is 5.69 Å². The molecule has 0 aliphatic carbocycles. The molecule has 2 aromatic rings. The van der Waals surface area contributed by atoms with E-state index < -0.39 is 0 Å². The third-order valence-electron chi connectivity index (χ3n) is 4.18. The molecule has 0 atom stereocenters. The van der Waals surface area contributed by atoms with Gasteiger partial charge in [-0.15, -0.1) is 0 Å². The Kier molecular flexibility index (Phi) is 4.60. The van der Waals surface area contributed by atoms with Gasteiger partial charge in [-0.05, 0) is 42.7 Å². The molecule has 5 heteroatoms. The fourth-order valence-corrected chi connectivity index (χ4v) is 2.79. The molecular weight excluding hydrogens is 304 g/mol. The summed E-state index contributed by atoms with van der Waals surface area (Å²) in [5.41, 5.74) is 4.33. The van der Waals surface area contributed by atoms with Gasteiger partial charge in [-0.3, -0.25) is 4.79 Å². The Morgan fingerprint density at radius 1 is 1.12 bits per heavy atom. The van der Waals surface area contributed by atoms with Crippen LogP contribution in [0.25, 0.3) is 0 Å². The number of likely N-dealkylation sites (N-methyl/N-ethyl adjacent to an activating group) is 1. The maximum absolute atomic E-state index is 12.4. The summed E-state index contributed by atoms with van der Waals surface area (Å²) >= 11 is 0. The van der Waals surface area contributed by atoms with Gasteiger partial charge in [-0.25, -0.2) is 0 Å². The summed E-state index contributed by atoms with van der Waals surface area (Å²) in [5.74, 6) is 1.53. The lowest BCUT2D eigenvalue weighted by molar-refractivity contribution is -0.128. The third kappa shape index (κ3) is 3.45. The van der Waals surface area contributed by atoms with Crippen molar-refractivity contribution in [2.75, 3.05) is 25.7 Å². The molecule has 0 aromatic heterocycles. The predicted octanol–water partition coefficient (Wildman–Crippen LogP) is 3.10. The number of nitrogens with zero attached hydrogens (tertiary/aromatic N) is 1. The van der Waals surface area contributed by atoms with E-state index in [4.69, 9.17) is 9.47 Å². The fraction of sp³-hybridized carbons (Fsp3) is 0.316. The van der Waals surface area contributed by atoms with Crippen LogP contribution in [0, 0.1) is 13.8 Å². The summed E-state index contributed by atoms with van der Waals surface area (Å²) in [6.07, 6.45) is 0. The molecule has 1 amide bonds. The number of para-hydroxylation sites is 1. The van der Waals surface area contributed by atoms with Crippen molar-refractivity contribution in [1.82, 2.24) is 4.90 Å². The van der Waals surface area contributed by atoms with E-state index in [0.29, 0.717) is 6.54 Å². The van der Waals surface area contributed by atoms with Crippen molar-refractivity contribution >= 4 is 11.6 Å². The SMILES string of the molecule is Cc1cccc(C)c1NCC(=O)N(C)Cc1ccc2c(c1)OCO2. The Morgan fingerprint density at radius 3 is 2.58 bits per heavy atom. The lowest BCUT2D eigenvalue weighted by Gasteiger charge is -2.19. The highest BCUT2D eigenvalue weighted by Crippen LogP contribution is 2.32. The van der Waals surface area contributed by atoms with Crippen molar-refractivity contribution in [3.8, 4) is 11.5 Å². The van der Waals surface area contributed by atoms with E-state index in [0.717, 1.165) is 33.9 Å². The van der Waals surface area contributed by atoms with Gasteiger partial charge in [0.25, 0.3) is 0 Å². The third-order valence-corrected chi connectivity index (χ3v) is 4.18. The molecule has 126 valence electrons. The monoisotopic (exact) mass is 326 g/mol. The summed E-state index contributed by atoms with van der Waals surface area (Å²) < 4.78 is 10.7. The van der Waals surface area contributed by atoms with E-state index in [-0.39, 0.29) is 19.2 Å². The molecule has 5 nitrogen and oxygen atoms in total. The highest BCUT2D eigenvalue weighted by molar-refractivity contribution is 5.81. The number of aryl methyl sites for hydroxylation is 2. The van der Waals surface area contributed by atoms with Gasteiger partial charge in [0.2, 0.25) is 12.7 Å². The zero-order valence-corrected chi connectivity index (χ0v) is 14.3. The molecular formula is C19H22N2O3. The van der Waals surface area contributed by atoms with Crippen LogP contribution in [0.15, 0.2) is 36.4 Å². The van der Waals surface area contributed by atoms with E-state index in [1.165, 1.54) is 0 Å². The van der Waals surface area contributed by atoms with Crippen LogP contribution < -0.4 is 14.8 Å². The van der Waals surface area contributed by atoms with Gasteiger partial charge in [-0.1, -0.05) is 24.3 Å². The van der Waals surface area contributed by atoms with Crippen molar-refractivity contribution in [3.63, 3.8) is 0 Å². The Balaban J connectivity index is 1.59.